The molecule has 188 valence electrons. The third kappa shape index (κ3) is 4.16. The molecule has 12 heteroatoms. The summed E-state index contributed by atoms with van der Waals surface area (Å²) in [7, 11) is 1.45. The summed E-state index contributed by atoms with van der Waals surface area (Å²) in [5.41, 5.74) is 8.53. The van der Waals surface area contributed by atoms with E-state index in [-0.39, 0.29) is 17.4 Å². The highest BCUT2D eigenvalue weighted by atomic mass is 16.5. The minimum absolute atomic E-state index is 0.122. The van der Waals surface area contributed by atoms with E-state index in [0.717, 1.165) is 5.56 Å². The Hall–Kier alpha value is -4.71. The van der Waals surface area contributed by atoms with Gasteiger partial charge in [-0.25, -0.2) is 19.9 Å². The molecule has 1 unspecified atom stereocenters. The lowest BCUT2D eigenvalue weighted by Crippen LogP contribution is -2.42. The van der Waals surface area contributed by atoms with Crippen LogP contribution in [0, 0.1) is 0 Å². The first kappa shape index (κ1) is 24.0. The number of fused-ring (bicyclic) bond motifs is 1. The monoisotopic (exact) mass is 498 g/mol. The molecule has 5 aromatic rings. The second-order valence-corrected chi connectivity index (χ2v) is 8.21. The van der Waals surface area contributed by atoms with Gasteiger partial charge < -0.3 is 15.0 Å². The van der Waals surface area contributed by atoms with E-state index >= 15 is 0 Å². The van der Waals surface area contributed by atoms with Crippen molar-refractivity contribution >= 4 is 23.0 Å². The second kappa shape index (κ2) is 9.74. The van der Waals surface area contributed by atoms with Crippen molar-refractivity contribution in [2.75, 3.05) is 12.4 Å². The van der Waals surface area contributed by atoms with E-state index in [1.807, 2.05) is 48.7 Å². The predicted octanol–water partition coefficient (Wildman–Crippen LogP) is 2.36. The largest absolute Gasteiger partial charge is 0.480 e. The van der Waals surface area contributed by atoms with E-state index in [9.17, 15) is 4.79 Å². The molecule has 5 rings (SSSR count). The molecule has 0 aliphatic rings. The van der Waals surface area contributed by atoms with Crippen LogP contribution < -0.4 is 15.8 Å². The summed E-state index contributed by atoms with van der Waals surface area (Å²) in [4.78, 5) is 35.2. The Morgan fingerprint density at radius 2 is 1.92 bits per heavy atom. The average molecular weight is 499 g/mol. The molecule has 0 aliphatic carbocycles. The van der Waals surface area contributed by atoms with Crippen LogP contribution in [0.2, 0.25) is 0 Å². The van der Waals surface area contributed by atoms with Crippen molar-refractivity contribution in [1.29, 1.82) is 0 Å². The lowest BCUT2D eigenvalue weighted by atomic mass is 9.86. The number of nitrogens with zero attached hydrogens (tertiary/aromatic N) is 8. The van der Waals surface area contributed by atoms with Gasteiger partial charge in [-0.05, 0) is 31.5 Å². The summed E-state index contributed by atoms with van der Waals surface area (Å²) >= 11 is 0. The number of amides is 1. The van der Waals surface area contributed by atoms with E-state index in [0.29, 0.717) is 35.8 Å². The molecular formula is C25H26N10O2. The summed E-state index contributed by atoms with van der Waals surface area (Å²) in [6.07, 6.45) is 4.64. The van der Waals surface area contributed by atoms with Gasteiger partial charge in [0.2, 0.25) is 11.8 Å². The number of hydrogen-bond acceptors (Lipinski definition) is 9. The van der Waals surface area contributed by atoms with E-state index in [2.05, 4.69) is 30.4 Å². The Morgan fingerprint density at radius 3 is 2.57 bits per heavy atom. The highest BCUT2D eigenvalue weighted by molar-refractivity contribution is 6.06. The average Bonchev–Trinajstić information content (AvgIpc) is 3.56. The van der Waals surface area contributed by atoms with E-state index < -0.39 is 11.4 Å². The number of pyridine rings is 1. The number of hydrogen-bond donors (Lipinski definition) is 2. The molecule has 3 N–H and O–H groups in total. The first-order valence-electron chi connectivity index (χ1n) is 11.8. The molecule has 0 bridgehead atoms. The van der Waals surface area contributed by atoms with Crippen LogP contribution in [0.25, 0.3) is 11.2 Å². The molecule has 12 nitrogen and oxygen atoms in total. The van der Waals surface area contributed by atoms with Crippen molar-refractivity contribution in [1.82, 2.24) is 39.3 Å². The molecule has 1 amide bonds. The van der Waals surface area contributed by atoms with Crippen LogP contribution >= 0.6 is 0 Å². The molecule has 1 atom stereocenters. The minimum atomic E-state index is -1.21. The number of ether oxygens (including phenoxy) is 1. The van der Waals surface area contributed by atoms with Gasteiger partial charge in [-0.2, -0.15) is 4.98 Å². The fraction of sp³-hybridized carbons (Fsp3) is 0.240. The van der Waals surface area contributed by atoms with Gasteiger partial charge in [-0.15, -0.1) is 5.10 Å². The fourth-order valence-corrected chi connectivity index (χ4v) is 4.26. The van der Waals surface area contributed by atoms with Crippen molar-refractivity contribution in [3.05, 3.63) is 84.0 Å². The van der Waals surface area contributed by atoms with E-state index in [4.69, 9.17) is 15.5 Å². The number of nitrogens with one attached hydrogen (secondary N) is 1. The van der Waals surface area contributed by atoms with Crippen molar-refractivity contribution in [2.45, 2.75) is 32.5 Å². The van der Waals surface area contributed by atoms with Crippen molar-refractivity contribution in [3.8, 4) is 5.88 Å². The van der Waals surface area contributed by atoms with Crippen molar-refractivity contribution in [2.24, 2.45) is 5.73 Å². The number of imidazole rings is 1. The number of rotatable bonds is 8. The maximum Gasteiger partial charge on any atom is 0.263 e. The lowest BCUT2D eigenvalue weighted by Gasteiger charge is -2.29. The van der Waals surface area contributed by atoms with Crippen LogP contribution in [0.4, 0.5) is 5.95 Å². The number of carbonyl (C=O) groups excluding carboxylic acids is 1. The molecule has 1 aromatic carbocycles. The van der Waals surface area contributed by atoms with Gasteiger partial charge in [0.15, 0.2) is 5.65 Å². The summed E-state index contributed by atoms with van der Waals surface area (Å²) in [6, 6.07) is 13.1. The van der Waals surface area contributed by atoms with Crippen LogP contribution in [0.3, 0.4) is 0 Å². The number of carbonyl (C=O) groups is 1. The molecule has 4 aromatic heterocycles. The molecule has 4 heterocycles. The zero-order valence-electron chi connectivity index (χ0n) is 20.7. The van der Waals surface area contributed by atoms with Gasteiger partial charge in [0.25, 0.3) is 5.91 Å². The quantitative estimate of drug-likeness (QED) is 0.328. The number of nitrogens with two attached hydrogens (primary N) is 1. The van der Waals surface area contributed by atoms with Gasteiger partial charge in [0.05, 0.1) is 18.3 Å². The molecule has 0 aliphatic heterocycles. The summed E-state index contributed by atoms with van der Waals surface area (Å²) < 4.78 is 9.00. The molecule has 0 spiro atoms. The summed E-state index contributed by atoms with van der Waals surface area (Å²) in [6.45, 7) is 5.05. The van der Waals surface area contributed by atoms with Gasteiger partial charge in [-0.1, -0.05) is 30.3 Å². The first-order chi connectivity index (χ1) is 18.0. The number of anilines is 1. The molecule has 0 saturated carbocycles. The van der Waals surface area contributed by atoms with Crippen molar-refractivity contribution < 1.29 is 9.53 Å². The predicted molar refractivity (Wildman–Crippen MR) is 136 cm³/mol. The van der Waals surface area contributed by atoms with Crippen LogP contribution in [-0.4, -0.2) is 52.3 Å². The molecule has 37 heavy (non-hydrogen) atoms. The maximum atomic E-state index is 13.2. The molecule has 0 radical (unpaired) electrons. The number of aromatic nitrogens is 8. The van der Waals surface area contributed by atoms with Crippen molar-refractivity contribution in [3.63, 3.8) is 0 Å². The Morgan fingerprint density at radius 1 is 1.11 bits per heavy atom. The topological polar surface area (TPSA) is 152 Å². The van der Waals surface area contributed by atoms with Gasteiger partial charge in [0.1, 0.15) is 29.6 Å². The molecule has 0 fully saturated rings. The number of aryl methyl sites for hydroxylation is 2. The number of benzene rings is 1. The zero-order valence-corrected chi connectivity index (χ0v) is 20.7. The maximum absolute atomic E-state index is 13.2. The normalized spacial score (nSPS) is 12.9. The van der Waals surface area contributed by atoms with Crippen LogP contribution in [-0.2, 0) is 18.6 Å². The van der Waals surface area contributed by atoms with Gasteiger partial charge >= 0.3 is 0 Å². The number of methoxy groups -OCH3 is 1. The Bertz CT molecular complexity index is 1510. The third-order valence-corrected chi connectivity index (χ3v) is 6.11. The van der Waals surface area contributed by atoms with Crippen LogP contribution in [0.1, 0.15) is 41.3 Å². The third-order valence-electron chi connectivity index (χ3n) is 6.11. The fourth-order valence-electron chi connectivity index (χ4n) is 4.26. The second-order valence-electron chi connectivity index (χ2n) is 8.21. The lowest BCUT2D eigenvalue weighted by molar-refractivity contribution is 0.102. The highest BCUT2D eigenvalue weighted by Gasteiger charge is 2.39. The summed E-state index contributed by atoms with van der Waals surface area (Å²) in [5, 5.41) is 6.92. The molecule has 0 saturated heterocycles. The smallest absolute Gasteiger partial charge is 0.263 e. The first-order valence-corrected chi connectivity index (χ1v) is 11.8. The zero-order chi connectivity index (χ0) is 26.0. The van der Waals surface area contributed by atoms with Gasteiger partial charge in [-0.3, -0.25) is 14.8 Å². The minimum Gasteiger partial charge on any atom is -0.480 e. The van der Waals surface area contributed by atoms with Crippen LogP contribution in [0.15, 0.2) is 61.3 Å². The van der Waals surface area contributed by atoms with E-state index in [1.54, 1.807) is 29.3 Å². The Kier molecular flexibility index (Phi) is 6.32. The SMILES string of the molecule is CCn1cnc(NC(=O)c2cc3c(nc2OC)nc(C(N)(c2ccccc2)c2ccncn2)n3CC)n1. The Labute approximate surface area is 212 Å². The van der Waals surface area contributed by atoms with Crippen LogP contribution in [0.5, 0.6) is 5.88 Å². The summed E-state index contributed by atoms with van der Waals surface area (Å²) in [5.74, 6) is 0.373. The van der Waals surface area contributed by atoms with E-state index in [1.165, 1.54) is 13.4 Å². The van der Waals surface area contributed by atoms with Gasteiger partial charge in [0, 0.05) is 19.3 Å². The standard InChI is InChI=1S/C25H26N10O2/c1-4-34-15-29-24(33-34)32-21(36)17-13-18-20(30-22(17)37-3)31-23(35(18)5-2)25(26,16-9-7-6-8-10-16)19-11-12-27-14-28-19/h6-15H,4-5,26H2,1-3H3,(H,32,33,36). The highest BCUT2D eigenvalue weighted by Crippen LogP contribution is 2.35. The Balaban J connectivity index is 1.68. The molecular weight excluding hydrogens is 472 g/mol.